The maximum atomic E-state index is 10.4. The lowest BCUT2D eigenvalue weighted by atomic mass is 10.1. The number of nitrogens with zero attached hydrogens (tertiary/aromatic N) is 1. The molecule has 1 N–H and O–H groups in total. The number of rotatable bonds is 18. The van der Waals surface area contributed by atoms with Gasteiger partial charge in [-0.3, -0.25) is 0 Å². The highest BCUT2D eigenvalue weighted by Gasteiger charge is 2.17. The molecular formula is C21H46NO+. The zero-order valence-electron chi connectivity index (χ0n) is 16.6. The SMILES string of the molecule is CCCCCCCCCC[N+](C)(O)CCCCCCCCCC. The van der Waals surface area contributed by atoms with Crippen molar-refractivity contribution in [3.8, 4) is 0 Å². The summed E-state index contributed by atoms with van der Waals surface area (Å²) in [5, 5.41) is 10.4. The van der Waals surface area contributed by atoms with Gasteiger partial charge in [-0.05, 0) is 25.7 Å². The highest BCUT2D eigenvalue weighted by atomic mass is 16.5. The molecule has 0 aromatic heterocycles. The summed E-state index contributed by atoms with van der Waals surface area (Å²) in [7, 11) is 1.99. The van der Waals surface area contributed by atoms with E-state index in [1.165, 1.54) is 103 Å². The zero-order chi connectivity index (χ0) is 17.2. The van der Waals surface area contributed by atoms with E-state index in [-0.39, 0.29) is 4.65 Å². The molecule has 2 heteroatoms. The van der Waals surface area contributed by atoms with Crippen molar-refractivity contribution >= 4 is 0 Å². The number of quaternary nitrogens is 1. The van der Waals surface area contributed by atoms with Crippen molar-refractivity contribution in [1.82, 2.24) is 0 Å². The third-order valence-electron chi connectivity index (χ3n) is 4.99. The molecule has 0 radical (unpaired) electrons. The van der Waals surface area contributed by atoms with E-state index in [0.717, 1.165) is 13.1 Å². The van der Waals surface area contributed by atoms with Crippen LogP contribution in [-0.4, -0.2) is 30.0 Å². The average molecular weight is 329 g/mol. The third-order valence-corrected chi connectivity index (χ3v) is 4.99. The molecular weight excluding hydrogens is 282 g/mol. The standard InChI is InChI=1S/C21H46NO/c1-4-6-8-10-12-14-16-18-20-22(3,23)21-19-17-15-13-11-9-7-5-2/h23H,4-21H2,1-3H3/q+1. The molecule has 2 nitrogen and oxygen atoms in total. The first-order valence-electron chi connectivity index (χ1n) is 10.7. The largest absolute Gasteiger partial charge is 0.217 e. The van der Waals surface area contributed by atoms with Crippen LogP contribution >= 0.6 is 0 Å². The van der Waals surface area contributed by atoms with Gasteiger partial charge in [-0.2, -0.15) is 4.65 Å². The van der Waals surface area contributed by atoms with Crippen molar-refractivity contribution in [3.63, 3.8) is 0 Å². The Labute approximate surface area is 147 Å². The topological polar surface area (TPSA) is 20.2 Å². The van der Waals surface area contributed by atoms with E-state index in [1.807, 2.05) is 7.05 Å². The van der Waals surface area contributed by atoms with Crippen LogP contribution in [0.3, 0.4) is 0 Å². The Morgan fingerprint density at radius 3 is 1.04 bits per heavy atom. The van der Waals surface area contributed by atoms with Crippen molar-refractivity contribution in [2.75, 3.05) is 20.1 Å². The van der Waals surface area contributed by atoms with Gasteiger partial charge in [0.1, 0.15) is 13.1 Å². The fourth-order valence-corrected chi connectivity index (χ4v) is 3.28. The molecule has 0 rings (SSSR count). The van der Waals surface area contributed by atoms with Crippen LogP contribution < -0.4 is 0 Å². The van der Waals surface area contributed by atoms with Gasteiger partial charge in [0.05, 0.1) is 7.05 Å². The van der Waals surface area contributed by atoms with Gasteiger partial charge in [-0.15, -0.1) is 0 Å². The van der Waals surface area contributed by atoms with Crippen LogP contribution in [0.1, 0.15) is 117 Å². The van der Waals surface area contributed by atoms with E-state index in [2.05, 4.69) is 13.8 Å². The Morgan fingerprint density at radius 2 is 0.739 bits per heavy atom. The Morgan fingerprint density at radius 1 is 0.478 bits per heavy atom. The van der Waals surface area contributed by atoms with Crippen LogP contribution in [0.4, 0.5) is 0 Å². The molecule has 0 saturated heterocycles. The van der Waals surface area contributed by atoms with Crippen molar-refractivity contribution in [2.24, 2.45) is 0 Å². The van der Waals surface area contributed by atoms with Crippen LogP contribution in [0.25, 0.3) is 0 Å². The number of hydrogen-bond acceptors (Lipinski definition) is 1. The summed E-state index contributed by atoms with van der Waals surface area (Å²) in [6.45, 7) is 6.41. The first-order chi connectivity index (χ1) is 11.1. The van der Waals surface area contributed by atoms with Gasteiger partial charge < -0.3 is 0 Å². The Kier molecular flexibility index (Phi) is 16.7. The molecule has 0 unspecified atom stereocenters. The quantitative estimate of drug-likeness (QED) is 0.161. The molecule has 0 atom stereocenters. The molecule has 0 spiro atoms. The zero-order valence-corrected chi connectivity index (χ0v) is 16.6. The van der Waals surface area contributed by atoms with Gasteiger partial charge in [0.25, 0.3) is 0 Å². The molecule has 0 aliphatic heterocycles. The van der Waals surface area contributed by atoms with Crippen molar-refractivity contribution < 1.29 is 9.85 Å². The second kappa shape index (κ2) is 16.8. The maximum Gasteiger partial charge on any atom is 0.108 e. The molecule has 0 heterocycles. The summed E-state index contributed by atoms with van der Waals surface area (Å²) in [5.41, 5.74) is 0. The van der Waals surface area contributed by atoms with E-state index < -0.39 is 0 Å². The summed E-state index contributed by atoms with van der Waals surface area (Å²) < 4.78 is 0.242. The molecule has 0 aliphatic carbocycles. The minimum Gasteiger partial charge on any atom is -0.217 e. The second-order valence-electron chi connectivity index (χ2n) is 7.74. The molecule has 0 aromatic carbocycles. The van der Waals surface area contributed by atoms with Crippen molar-refractivity contribution in [2.45, 2.75) is 117 Å². The molecule has 140 valence electrons. The van der Waals surface area contributed by atoms with E-state index in [1.54, 1.807) is 0 Å². The van der Waals surface area contributed by atoms with Crippen molar-refractivity contribution in [3.05, 3.63) is 0 Å². The lowest BCUT2D eigenvalue weighted by Crippen LogP contribution is -2.41. The predicted molar refractivity (Wildman–Crippen MR) is 103 cm³/mol. The van der Waals surface area contributed by atoms with Gasteiger partial charge in [0, 0.05) is 0 Å². The average Bonchev–Trinajstić information content (AvgIpc) is 2.52. The van der Waals surface area contributed by atoms with Crippen LogP contribution in [0, 0.1) is 0 Å². The normalized spacial score (nSPS) is 12.0. The van der Waals surface area contributed by atoms with E-state index in [0.29, 0.717) is 0 Å². The van der Waals surface area contributed by atoms with Gasteiger partial charge in [0.2, 0.25) is 0 Å². The Bertz CT molecular complexity index is 206. The predicted octanol–water partition coefficient (Wildman–Crippen LogP) is 7.10. The fourth-order valence-electron chi connectivity index (χ4n) is 3.28. The lowest BCUT2D eigenvalue weighted by Gasteiger charge is -2.25. The van der Waals surface area contributed by atoms with Gasteiger partial charge in [-0.1, -0.05) is 90.9 Å². The number of hydrogen-bond donors (Lipinski definition) is 1. The lowest BCUT2D eigenvalue weighted by molar-refractivity contribution is -1.09. The monoisotopic (exact) mass is 328 g/mol. The maximum absolute atomic E-state index is 10.4. The summed E-state index contributed by atoms with van der Waals surface area (Å²) in [6.07, 6.45) is 21.5. The number of unbranched alkanes of at least 4 members (excludes halogenated alkanes) is 14. The smallest absolute Gasteiger partial charge is 0.108 e. The van der Waals surface area contributed by atoms with Gasteiger partial charge >= 0.3 is 0 Å². The fraction of sp³-hybridized carbons (Fsp3) is 1.00. The first-order valence-corrected chi connectivity index (χ1v) is 10.7. The van der Waals surface area contributed by atoms with E-state index >= 15 is 0 Å². The van der Waals surface area contributed by atoms with Crippen LogP contribution in [0.2, 0.25) is 0 Å². The minimum atomic E-state index is 0.242. The van der Waals surface area contributed by atoms with Crippen LogP contribution in [-0.2, 0) is 0 Å². The van der Waals surface area contributed by atoms with E-state index in [9.17, 15) is 5.21 Å². The van der Waals surface area contributed by atoms with Crippen molar-refractivity contribution in [1.29, 1.82) is 0 Å². The minimum absolute atomic E-state index is 0.242. The Hall–Kier alpha value is -0.0800. The Balaban J connectivity index is 3.33. The van der Waals surface area contributed by atoms with Gasteiger partial charge in [0.15, 0.2) is 0 Å². The highest BCUT2D eigenvalue weighted by molar-refractivity contribution is 4.48. The van der Waals surface area contributed by atoms with Crippen LogP contribution in [0.5, 0.6) is 0 Å². The molecule has 0 bridgehead atoms. The molecule has 0 amide bonds. The number of hydroxylamine groups is 3. The molecule has 23 heavy (non-hydrogen) atoms. The summed E-state index contributed by atoms with van der Waals surface area (Å²) >= 11 is 0. The summed E-state index contributed by atoms with van der Waals surface area (Å²) in [5.74, 6) is 0. The van der Waals surface area contributed by atoms with E-state index in [4.69, 9.17) is 0 Å². The molecule has 0 fully saturated rings. The third kappa shape index (κ3) is 18.1. The first kappa shape index (κ1) is 22.9. The summed E-state index contributed by atoms with van der Waals surface area (Å²) in [6, 6.07) is 0. The molecule has 0 saturated carbocycles. The molecule has 0 aromatic rings. The highest BCUT2D eigenvalue weighted by Crippen LogP contribution is 2.12. The van der Waals surface area contributed by atoms with Crippen LogP contribution in [0.15, 0.2) is 0 Å². The molecule has 0 aliphatic rings. The second-order valence-corrected chi connectivity index (χ2v) is 7.74. The van der Waals surface area contributed by atoms with Gasteiger partial charge in [-0.25, -0.2) is 5.21 Å². The summed E-state index contributed by atoms with van der Waals surface area (Å²) in [4.78, 5) is 0.